The van der Waals surface area contributed by atoms with E-state index in [1.807, 2.05) is 0 Å². The summed E-state index contributed by atoms with van der Waals surface area (Å²) in [6.45, 7) is 0.949. The summed E-state index contributed by atoms with van der Waals surface area (Å²) in [4.78, 5) is 28.8. The summed E-state index contributed by atoms with van der Waals surface area (Å²) in [5, 5.41) is 9.31. The average Bonchev–Trinajstić information content (AvgIpc) is 3.10. The molecule has 2 aromatic rings. The van der Waals surface area contributed by atoms with Crippen molar-refractivity contribution in [2.75, 3.05) is 17.2 Å². The highest BCUT2D eigenvalue weighted by molar-refractivity contribution is 6.30. The van der Waals surface area contributed by atoms with Crippen LogP contribution in [-0.2, 0) is 4.79 Å². The maximum atomic E-state index is 12.5. The Morgan fingerprint density at radius 2 is 1.93 bits per heavy atom. The molecule has 3 N–H and O–H groups in total. The first-order valence-electron chi connectivity index (χ1n) is 8.17. The molecule has 9 heteroatoms. The van der Waals surface area contributed by atoms with Gasteiger partial charge in [0.05, 0.1) is 16.3 Å². The number of carbonyl (C=O) groups excluding carboxylic acids is 2. The first-order chi connectivity index (χ1) is 12.1. The highest BCUT2D eigenvalue weighted by atomic mass is 35.5. The lowest BCUT2D eigenvalue weighted by Crippen LogP contribution is -2.28. The van der Waals surface area contributed by atoms with Gasteiger partial charge in [0.15, 0.2) is 0 Å². The monoisotopic (exact) mass is 430 g/mol. The standard InChI is InChI=1S/C18H19ClN4O2.2ClH/c19-12-7-8-16(21-11-12)23-18(25)14-5-1-2-6-15(14)22-17(24)10-13-4-3-9-20-13;;/h1-2,5-8,11,13,20H,3-4,9-10H2,(H,22,24)(H,21,23,25);2*1H. The van der Waals surface area contributed by atoms with E-state index in [9.17, 15) is 9.59 Å². The van der Waals surface area contributed by atoms with Crippen molar-refractivity contribution in [1.82, 2.24) is 10.3 Å². The third-order valence-electron chi connectivity index (χ3n) is 4.01. The number of hydrogen-bond acceptors (Lipinski definition) is 4. The molecule has 1 aliphatic heterocycles. The number of nitrogens with zero attached hydrogens (tertiary/aromatic N) is 1. The molecule has 1 saturated heterocycles. The number of amides is 2. The van der Waals surface area contributed by atoms with Gasteiger partial charge in [-0.3, -0.25) is 9.59 Å². The molecule has 1 aromatic heterocycles. The second-order valence-corrected chi connectivity index (χ2v) is 6.34. The highest BCUT2D eigenvalue weighted by Crippen LogP contribution is 2.18. The molecular weight excluding hydrogens is 411 g/mol. The molecule has 1 aromatic carbocycles. The largest absolute Gasteiger partial charge is 0.325 e. The fraction of sp³-hybridized carbons (Fsp3) is 0.278. The zero-order chi connectivity index (χ0) is 17.6. The van der Waals surface area contributed by atoms with Gasteiger partial charge >= 0.3 is 0 Å². The second-order valence-electron chi connectivity index (χ2n) is 5.91. The number of anilines is 2. The lowest BCUT2D eigenvalue weighted by molar-refractivity contribution is -0.116. The summed E-state index contributed by atoms with van der Waals surface area (Å²) in [5.41, 5.74) is 0.865. The predicted octanol–water partition coefficient (Wildman–Crippen LogP) is 3.91. The Hall–Kier alpha value is -1.86. The zero-order valence-corrected chi connectivity index (χ0v) is 16.8. The fourth-order valence-corrected chi connectivity index (χ4v) is 2.89. The van der Waals surface area contributed by atoms with Crippen molar-refractivity contribution in [2.45, 2.75) is 25.3 Å². The topological polar surface area (TPSA) is 83.1 Å². The molecule has 2 heterocycles. The Kier molecular flexibility index (Phi) is 9.52. The van der Waals surface area contributed by atoms with Gasteiger partial charge in [0.25, 0.3) is 5.91 Å². The highest BCUT2D eigenvalue weighted by Gasteiger charge is 2.19. The lowest BCUT2D eigenvalue weighted by atomic mass is 10.1. The third-order valence-corrected chi connectivity index (χ3v) is 4.23. The molecule has 0 bridgehead atoms. The van der Waals surface area contributed by atoms with Crippen LogP contribution in [0, 0.1) is 0 Å². The first kappa shape index (κ1) is 23.2. The van der Waals surface area contributed by atoms with E-state index in [1.54, 1.807) is 36.4 Å². The number of pyridine rings is 1. The summed E-state index contributed by atoms with van der Waals surface area (Å²) in [7, 11) is 0. The Morgan fingerprint density at radius 1 is 1.15 bits per heavy atom. The Bertz CT molecular complexity index is 765. The molecule has 2 amide bonds. The van der Waals surface area contributed by atoms with Crippen LogP contribution < -0.4 is 16.0 Å². The zero-order valence-electron chi connectivity index (χ0n) is 14.4. The van der Waals surface area contributed by atoms with Gasteiger partial charge in [-0.2, -0.15) is 0 Å². The number of nitrogens with one attached hydrogen (secondary N) is 3. The quantitative estimate of drug-likeness (QED) is 0.670. The minimum absolute atomic E-state index is 0. The van der Waals surface area contributed by atoms with Crippen LogP contribution in [0.15, 0.2) is 42.6 Å². The van der Waals surface area contributed by atoms with E-state index in [4.69, 9.17) is 11.6 Å². The number of carbonyl (C=O) groups is 2. The maximum absolute atomic E-state index is 12.5. The van der Waals surface area contributed by atoms with Crippen LogP contribution in [-0.4, -0.2) is 29.4 Å². The molecule has 1 fully saturated rings. The molecule has 1 aliphatic rings. The van der Waals surface area contributed by atoms with Gasteiger partial charge in [-0.05, 0) is 43.7 Å². The van der Waals surface area contributed by atoms with E-state index in [2.05, 4.69) is 20.9 Å². The number of para-hydroxylation sites is 1. The van der Waals surface area contributed by atoms with Gasteiger partial charge in [-0.25, -0.2) is 4.98 Å². The molecule has 0 spiro atoms. The molecule has 0 radical (unpaired) electrons. The molecule has 0 saturated carbocycles. The van der Waals surface area contributed by atoms with E-state index in [0.717, 1.165) is 19.4 Å². The molecule has 1 atom stereocenters. The van der Waals surface area contributed by atoms with Crippen molar-refractivity contribution in [3.63, 3.8) is 0 Å². The molecule has 0 aliphatic carbocycles. The van der Waals surface area contributed by atoms with Crippen molar-refractivity contribution in [3.05, 3.63) is 53.2 Å². The van der Waals surface area contributed by atoms with Gasteiger partial charge in [0, 0.05) is 18.7 Å². The smallest absolute Gasteiger partial charge is 0.258 e. The van der Waals surface area contributed by atoms with Crippen LogP contribution in [0.5, 0.6) is 0 Å². The number of aromatic nitrogens is 1. The van der Waals surface area contributed by atoms with Crippen molar-refractivity contribution in [3.8, 4) is 0 Å². The summed E-state index contributed by atoms with van der Waals surface area (Å²) in [6.07, 6.45) is 3.94. The number of halogens is 3. The summed E-state index contributed by atoms with van der Waals surface area (Å²) >= 11 is 5.79. The van der Waals surface area contributed by atoms with Crippen molar-refractivity contribution < 1.29 is 9.59 Å². The van der Waals surface area contributed by atoms with E-state index < -0.39 is 0 Å². The van der Waals surface area contributed by atoms with E-state index in [1.165, 1.54) is 6.20 Å². The van der Waals surface area contributed by atoms with Crippen LogP contribution in [0.3, 0.4) is 0 Å². The Labute approximate surface area is 175 Å². The summed E-state index contributed by atoms with van der Waals surface area (Å²) in [5.74, 6) is -0.0559. The number of benzene rings is 1. The van der Waals surface area contributed by atoms with Crippen LogP contribution in [0.1, 0.15) is 29.6 Å². The van der Waals surface area contributed by atoms with Gasteiger partial charge in [0.2, 0.25) is 5.91 Å². The van der Waals surface area contributed by atoms with Crippen LogP contribution >= 0.6 is 36.4 Å². The van der Waals surface area contributed by atoms with Gasteiger partial charge in [-0.15, -0.1) is 24.8 Å². The Balaban J connectivity index is 0.00000182. The van der Waals surface area contributed by atoms with Crippen molar-refractivity contribution >= 4 is 59.7 Å². The second kappa shape index (κ2) is 11.1. The predicted molar refractivity (Wildman–Crippen MR) is 112 cm³/mol. The Morgan fingerprint density at radius 3 is 2.59 bits per heavy atom. The van der Waals surface area contributed by atoms with E-state index >= 15 is 0 Å². The molecule has 3 rings (SSSR count). The molecule has 1 unspecified atom stereocenters. The van der Waals surface area contributed by atoms with Gasteiger partial charge in [0.1, 0.15) is 5.82 Å². The lowest BCUT2D eigenvalue weighted by Gasteiger charge is -2.13. The van der Waals surface area contributed by atoms with E-state index in [0.29, 0.717) is 28.5 Å². The van der Waals surface area contributed by atoms with Crippen LogP contribution in [0.2, 0.25) is 5.02 Å². The SMILES string of the molecule is Cl.Cl.O=C(CC1CCCN1)Nc1ccccc1C(=O)Nc1ccc(Cl)cn1. The summed E-state index contributed by atoms with van der Waals surface area (Å²) in [6, 6.07) is 10.4. The molecule has 146 valence electrons. The average molecular weight is 432 g/mol. The first-order valence-corrected chi connectivity index (χ1v) is 8.55. The molecular formula is C18H21Cl3N4O2. The minimum atomic E-state index is -0.343. The molecule has 27 heavy (non-hydrogen) atoms. The normalized spacial score (nSPS) is 15.2. The van der Waals surface area contributed by atoms with E-state index in [-0.39, 0.29) is 42.7 Å². The third kappa shape index (κ3) is 6.66. The number of hydrogen-bond donors (Lipinski definition) is 3. The minimum Gasteiger partial charge on any atom is -0.325 e. The van der Waals surface area contributed by atoms with Crippen molar-refractivity contribution in [2.24, 2.45) is 0 Å². The fourth-order valence-electron chi connectivity index (χ4n) is 2.78. The van der Waals surface area contributed by atoms with Crippen molar-refractivity contribution in [1.29, 1.82) is 0 Å². The maximum Gasteiger partial charge on any atom is 0.258 e. The van der Waals surface area contributed by atoms with Crippen LogP contribution in [0.25, 0.3) is 0 Å². The molecule has 6 nitrogen and oxygen atoms in total. The number of rotatable bonds is 5. The van der Waals surface area contributed by atoms with Gasteiger partial charge < -0.3 is 16.0 Å². The summed E-state index contributed by atoms with van der Waals surface area (Å²) < 4.78 is 0. The van der Waals surface area contributed by atoms with Crippen LogP contribution in [0.4, 0.5) is 11.5 Å². The van der Waals surface area contributed by atoms with Gasteiger partial charge in [-0.1, -0.05) is 23.7 Å².